The van der Waals surface area contributed by atoms with E-state index in [4.69, 9.17) is 0 Å². The van der Waals surface area contributed by atoms with Crippen LogP contribution in [0.4, 0.5) is 0 Å². The Balaban J connectivity index is 1.78. The van der Waals surface area contributed by atoms with Crippen molar-refractivity contribution in [1.29, 1.82) is 0 Å². The number of carbonyl (C=O) groups excluding carboxylic acids is 2. The van der Waals surface area contributed by atoms with Crippen molar-refractivity contribution in [3.63, 3.8) is 0 Å². The third kappa shape index (κ3) is 3.84. The third-order valence-electron chi connectivity index (χ3n) is 5.64. The average Bonchev–Trinajstić information content (AvgIpc) is 3.30. The highest BCUT2D eigenvalue weighted by atomic mass is 79.9. The number of unbranched alkanes of at least 4 members (excludes halogenated alkanes) is 1. The van der Waals surface area contributed by atoms with Gasteiger partial charge in [0.15, 0.2) is 0 Å². The molecule has 2 unspecified atom stereocenters. The van der Waals surface area contributed by atoms with Crippen LogP contribution in [-0.4, -0.2) is 11.8 Å². The molecule has 0 saturated heterocycles. The van der Waals surface area contributed by atoms with Crippen LogP contribution in [0, 0.1) is 5.92 Å². The highest BCUT2D eigenvalue weighted by Gasteiger charge is 2.39. The first kappa shape index (κ1) is 21.5. The maximum absolute atomic E-state index is 12.2. The normalized spacial score (nSPS) is 22.5. The Morgan fingerprint density at radius 3 is 2.72 bits per heavy atom. The molecule has 2 atom stereocenters. The number of nitrogens with one attached hydrogen (secondary N) is 1. The lowest BCUT2D eigenvalue weighted by Crippen LogP contribution is -2.21. The van der Waals surface area contributed by atoms with Gasteiger partial charge in [-0.15, -0.1) is 22.7 Å². The van der Waals surface area contributed by atoms with E-state index in [0.29, 0.717) is 16.4 Å². The maximum atomic E-state index is 12.2. The number of fused-ring (bicyclic) bond motifs is 3. The fourth-order valence-electron chi connectivity index (χ4n) is 4.28. The second kappa shape index (κ2) is 8.40. The van der Waals surface area contributed by atoms with Crippen LogP contribution < -0.4 is 5.32 Å². The molecule has 0 radical (unpaired) electrons. The van der Waals surface area contributed by atoms with Crippen LogP contribution in [0.25, 0.3) is 10.1 Å². The summed E-state index contributed by atoms with van der Waals surface area (Å²) in [5.74, 6) is 0.0166. The fraction of sp³-hybridized carbons (Fsp3) is 0.455. The molecule has 1 aliphatic carbocycles. The van der Waals surface area contributed by atoms with Gasteiger partial charge in [0.25, 0.3) is 11.8 Å². The van der Waals surface area contributed by atoms with Crippen molar-refractivity contribution in [2.45, 2.75) is 56.7 Å². The molecule has 1 aliphatic heterocycles. The Hall–Kier alpha value is -0.760. The van der Waals surface area contributed by atoms with Gasteiger partial charge in [-0.25, -0.2) is 0 Å². The first-order chi connectivity index (χ1) is 13.9. The molecule has 29 heavy (non-hydrogen) atoms. The van der Waals surface area contributed by atoms with E-state index in [-0.39, 0.29) is 16.1 Å². The van der Waals surface area contributed by atoms with Gasteiger partial charge in [0, 0.05) is 22.1 Å². The molecule has 0 fully saturated rings. The van der Waals surface area contributed by atoms with Gasteiger partial charge < -0.3 is 0 Å². The summed E-state index contributed by atoms with van der Waals surface area (Å²) < 4.78 is 1.92. The Labute approximate surface area is 195 Å². The van der Waals surface area contributed by atoms with E-state index < -0.39 is 0 Å². The summed E-state index contributed by atoms with van der Waals surface area (Å²) in [7, 11) is 0. The van der Waals surface area contributed by atoms with Crippen molar-refractivity contribution in [2.24, 2.45) is 5.92 Å². The van der Waals surface area contributed by atoms with Gasteiger partial charge in [0.05, 0.1) is 14.6 Å². The van der Waals surface area contributed by atoms with E-state index in [0.717, 1.165) is 16.5 Å². The van der Waals surface area contributed by atoms with E-state index in [1.54, 1.807) is 11.3 Å². The highest BCUT2D eigenvalue weighted by Crippen LogP contribution is 2.53. The summed E-state index contributed by atoms with van der Waals surface area (Å²) in [5.41, 5.74) is 1.93. The minimum Gasteiger partial charge on any atom is -0.287 e. The molecule has 2 amide bonds. The van der Waals surface area contributed by atoms with Crippen molar-refractivity contribution in [3.8, 4) is 0 Å². The minimum atomic E-state index is -0.321. The Morgan fingerprint density at radius 1 is 1.21 bits per heavy atom. The monoisotopic (exact) mass is 555 g/mol. The molecule has 0 aromatic carbocycles. The summed E-state index contributed by atoms with van der Waals surface area (Å²) >= 11 is 11.0. The predicted molar refractivity (Wildman–Crippen MR) is 130 cm³/mol. The van der Waals surface area contributed by atoms with Crippen LogP contribution in [0.2, 0.25) is 0 Å². The van der Waals surface area contributed by atoms with Gasteiger partial charge in [-0.1, -0.05) is 71.0 Å². The number of thiophene rings is 2. The van der Waals surface area contributed by atoms with Crippen LogP contribution in [0.15, 0.2) is 27.6 Å². The van der Waals surface area contributed by atoms with Gasteiger partial charge in [-0.3, -0.25) is 14.9 Å². The standard InChI is InChI=1S/C22H23Br2NO2S2/c1-3-5-7-12(6-4-2)13-8-14(23)10-22(24,9-13)19-17-15(11-28-19)16-18(29-17)21(27)25-20(16)26/h8-9,11-12H,3-7,10H2,1-2H3,(H,25,26,27). The van der Waals surface area contributed by atoms with E-state index in [1.807, 2.05) is 5.38 Å². The van der Waals surface area contributed by atoms with E-state index in [9.17, 15) is 9.59 Å². The molecule has 0 saturated carbocycles. The van der Waals surface area contributed by atoms with Crippen LogP contribution >= 0.6 is 54.5 Å². The minimum absolute atomic E-state index is 0.269. The molecule has 0 bridgehead atoms. The zero-order valence-electron chi connectivity index (χ0n) is 16.4. The van der Waals surface area contributed by atoms with Crippen LogP contribution in [0.5, 0.6) is 0 Å². The number of amides is 2. The van der Waals surface area contributed by atoms with Crippen LogP contribution in [0.1, 0.15) is 77.3 Å². The molecule has 0 spiro atoms. The largest absolute Gasteiger partial charge is 0.287 e. The molecule has 1 N–H and O–H groups in total. The van der Waals surface area contributed by atoms with Gasteiger partial charge >= 0.3 is 0 Å². The summed E-state index contributed by atoms with van der Waals surface area (Å²) in [6.45, 7) is 4.50. The van der Waals surface area contributed by atoms with Gasteiger partial charge in [0.1, 0.15) is 4.88 Å². The molecule has 3 nitrogen and oxygen atoms in total. The first-order valence-electron chi connectivity index (χ1n) is 10.1. The maximum Gasteiger partial charge on any atom is 0.269 e. The van der Waals surface area contributed by atoms with Crippen molar-refractivity contribution in [3.05, 3.63) is 42.9 Å². The topological polar surface area (TPSA) is 46.2 Å². The van der Waals surface area contributed by atoms with E-state index >= 15 is 0 Å². The molecule has 2 aliphatic rings. The lowest BCUT2D eigenvalue weighted by molar-refractivity contribution is 0.0881. The number of imide groups is 1. The Bertz CT molecular complexity index is 1050. The number of halogens is 2. The lowest BCUT2D eigenvalue weighted by Gasteiger charge is -2.31. The molecule has 3 heterocycles. The lowest BCUT2D eigenvalue weighted by atomic mass is 9.83. The predicted octanol–water partition coefficient (Wildman–Crippen LogP) is 7.65. The molecule has 154 valence electrons. The summed E-state index contributed by atoms with van der Waals surface area (Å²) in [6, 6.07) is 0. The Kier molecular flexibility index (Phi) is 6.22. The highest BCUT2D eigenvalue weighted by molar-refractivity contribution is 9.12. The number of hydrogen-bond donors (Lipinski definition) is 1. The molecule has 7 heteroatoms. The number of carbonyl (C=O) groups is 2. The van der Waals surface area contributed by atoms with Crippen molar-refractivity contribution < 1.29 is 9.59 Å². The molecule has 4 rings (SSSR count). The quantitative estimate of drug-likeness (QED) is 0.281. The molecular weight excluding hydrogens is 534 g/mol. The number of allylic oxidation sites excluding steroid dienone is 4. The Morgan fingerprint density at radius 2 is 2.00 bits per heavy atom. The third-order valence-corrected chi connectivity index (χ3v) is 9.83. The van der Waals surface area contributed by atoms with Crippen molar-refractivity contribution in [1.82, 2.24) is 5.32 Å². The van der Waals surface area contributed by atoms with Crippen LogP contribution in [-0.2, 0) is 4.32 Å². The molecule has 2 aromatic heterocycles. The van der Waals surface area contributed by atoms with Gasteiger partial charge in [-0.05, 0) is 34.9 Å². The summed E-state index contributed by atoms with van der Waals surface area (Å²) in [5, 5.41) is 5.35. The second-order valence-electron chi connectivity index (χ2n) is 7.80. The van der Waals surface area contributed by atoms with E-state index in [1.165, 1.54) is 58.4 Å². The van der Waals surface area contributed by atoms with Crippen molar-refractivity contribution >= 4 is 76.4 Å². The SMILES string of the molecule is CCCCC(CCC)C1=CC(Br)(c2scc3c4c(sc23)C(=O)NC4=O)CC(Br)=C1. The second-order valence-corrected chi connectivity index (χ2v) is 12.1. The zero-order valence-corrected chi connectivity index (χ0v) is 21.2. The average molecular weight is 557 g/mol. The molecule has 2 aromatic rings. The summed E-state index contributed by atoms with van der Waals surface area (Å²) in [4.78, 5) is 26.1. The summed E-state index contributed by atoms with van der Waals surface area (Å²) in [6.07, 6.45) is 11.5. The first-order valence-corrected chi connectivity index (χ1v) is 13.3. The molecular formula is C22H23Br2NO2S2. The van der Waals surface area contributed by atoms with E-state index in [2.05, 4.69) is 63.2 Å². The zero-order chi connectivity index (χ0) is 20.8. The number of alkyl halides is 1. The fourth-order valence-corrected chi connectivity index (χ4v) is 9.10. The smallest absolute Gasteiger partial charge is 0.269 e. The number of hydrogen-bond acceptors (Lipinski definition) is 4. The van der Waals surface area contributed by atoms with Crippen molar-refractivity contribution in [2.75, 3.05) is 0 Å². The number of rotatable bonds is 7. The van der Waals surface area contributed by atoms with Gasteiger partial charge in [-0.2, -0.15) is 0 Å². The van der Waals surface area contributed by atoms with Crippen LogP contribution in [0.3, 0.4) is 0 Å². The van der Waals surface area contributed by atoms with Gasteiger partial charge in [0.2, 0.25) is 0 Å².